The van der Waals surface area contributed by atoms with Crippen molar-refractivity contribution in [2.45, 2.75) is 13.0 Å². The molecule has 2 rings (SSSR count). The van der Waals surface area contributed by atoms with Crippen LogP contribution in [0.15, 0.2) is 35.3 Å². The summed E-state index contributed by atoms with van der Waals surface area (Å²) < 4.78 is 5.48. The third-order valence-electron chi connectivity index (χ3n) is 3.80. The Kier molecular flexibility index (Phi) is 10.5. The van der Waals surface area contributed by atoms with Crippen molar-refractivity contribution in [1.82, 2.24) is 15.5 Å². The molecule has 0 radical (unpaired) electrons. The average molecular weight is 442 g/mol. The van der Waals surface area contributed by atoms with Gasteiger partial charge in [0.1, 0.15) is 0 Å². The van der Waals surface area contributed by atoms with Gasteiger partial charge in [-0.25, -0.2) is 0 Å². The van der Waals surface area contributed by atoms with Crippen LogP contribution >= 0.6 is 24.0 Å². The molecule has 0 aromatic heterocycles. The maximum atomic E-state index is 5.48. The van der Waals surface area contributed by atoms with Crippen LogP contribution in [0.1, 0.15) is 18.5 Å². The highest BCUT2D eigenvalue weighted by atomic mass is 127. The van der Waals surface area contributed by atoms with Crippen LogP contribution in [0, 0.1) is 12.3 Å². The molecule has 1 atom stereocenters. The van der Waals surface area contributed by atoms with Crippen molar-refractivity contribution in [2.24, 2.45) is 4.99 Å². The summed E-state index contributed by atoms with van der Waals surface area (Å²) >= 11 is 0. The smallest absolute Gasteiger partial charge is 0.192 e. The number of guanidine groups is 1. The molecule has 6 heteroatoms. The monoisotopic (exact) mass is 442 g/mol. The molecule has 1 aliphatic rings. The van der Waals surface area contributed by atoms with Gasteiger partial charge in [0, 0.05) is 19.6 Å². The van der Waals surface area contributed by atoms with Gasteiger partial charge in [-0.1, -0.05) is 36.3 Å². The summed E-state index contributed by atoms with van der Waals surface area (Å²) in [5.74, 6) is 3.34. The van der Waals surface area contributed by atoms with E-state index in [0.29, 0.717) is 13.1 Å². The minimum Gasteiger partial charge on any atom is -0.379 e. The van der Waals surface area contributed by atoms with Crippen LogP contribution < -0.4 is 10.6 Å². The lowest BCUT2D eigenvalue weighted by Gasteiger charge is -2.34. The molecule has 132 valence electrons. The Bertz CT molecular complexity index is 524. The molecule has 1 saturated heterocycles. The number of rotatable bonds is 6. The van der Waals surface area contributed by atoms with Crippen molar-refractivity contribution in [1.29, 1.82) is 0 Å². The van der Waals surface area contributed by atoms with Crippen LogP contribution in [-0.2, 0) is 4.74 Å². The summed E-state index contributed by atoms with van der Waals surface area (Å²) in [6.45, 7) is 7.44. The number of hydrogen-bond donors (Lipinski definition) is 2. The first-order valence-electron chi connectivity index (χ1n) is 8.17. The minimum absolute atomic E-state index is 0. The molecule has 1 aliphatic heterocycles. The molecule has 1 heterocycles. The first-order valence-corrected chi connectivity index (χ1v) is 8.17. The van der Waals surface area contributed by atoms with E-state index in [4.69, 9.17) is 16.2 Å². The van der Waals surface area contributed by atoms with Crippen molar-refractivity contribution in [3.05, 3.63) is 35.9 Å². The SMILES string of the molecule is C#CCNC(=NCC(c1ccccc1)N1CCOCC1)NCC.I. The van der Waals surface area contributed by atoms with Gasteiger partial charge in [-0.15, -0.1) is 30.4 Å². The normalized spacial score (nSPS) is 16.6. The van der Waals surface area contributed by atoms with Gasteiger partial charge < -0.3 is 15.4 Å². The molecule has 0 bridgehead atoms. The Morgan fingerprint density at radius 1 is 1.29 bits per heavy atom. The van der Waals surface area contributed by atoms with E-state index in [2.05, 4.69) is 45.7 Å². The standard InChI is InChI=1S/C18H26N4O.HI/c1-3-10-20-18(19-4-2)21-15-17(16-8-6-5-7-9-16)22-11-13-23-14-12-22;/h1,5-9,17H,4,10-15H2,2H3,(H2,19,20,21);1H. The van der Waals surface area contributed by atoms with Gasteiger partial charge in [0.25, 0.3) is 0 Å². The summed E-state index contributed by atoms with van der Waals surface area (Å²) in [5, 5.41) is 6.37. The van der Waals surface area contributed by atoms with Crippen molar-refractivity contribution in [3.8, 4) is 12.3 Å². The summed E-state index contributed by atoms with van der Waals surface area (Å²) in [5.41, 5.74) is 1.28. The van der Waals surface area contributed by atoms with Gasteiger partial charge in [-0.3, -0.25) is 9.89 Å². The topological polar surface area (TPSA) is 48.9 Å². The number of morpholine rings is 1. The summed E-state index contributed by atoms with van der Waals surface area (Å²) in [4.78, 5) is 7.16. The van der Waals surface area contributed by atoms with E-state index in [0.717, 1.165) is 38.8 Å². The van der Waals surface area contributed by atoms with Crippen LogP contribution in [-0.4, -0.2) is 56.8 Å². The minimum atomic E-state index is 0. The summed E-state index contributed by atoms with van der Waals surface area (Å²) in [6.07, 6.45) is 5.32. The molecule has 5 nitrogen and oxygen atoms in total. The van der Waals surface area contributed by atoms with E-state index < -0.39 is 0 Å². The maximum absolute atomic E-state index is 5.48. The highest BCUT2D eigenvalue weighted by Crippen LogP contribution is 2.22. The molecular weight excluding hydrogens is 415 g/mol. The maximum Gasteiger partial charge on any atom is 0.192 e. The molecule has 0 aliphatic carbocycles. The van der Waals surface area contributed by atoms with Gasteiger partial charge >= 0.3 is 0 Å². The van der Waals surface area contributed by atoms with E-state index in [9.17, 15) is 0 Å². The first kappa shape index (κ1) is 20.7. The fourth-order valence-corrected chi connectivity index (χ4v) is 2.65. The van der Waals surface area contributed by atoms with Crippen LogP contribution in [0.4, 0.5) is 0 Å². The van der Waals surface area contributed by atoms with E-state index in [1.54, 1.807) is 0 Å². The molecule has 1 fully saturated rings. The Labute approximate surface area is 162 Å². The zero-order chi connectivity index (χ0) is 16.3. The fourth-order valence-electron chi connectivity index (χ4n) is 2.65. The highest BCUT2D eigenvalue weighted by molar-refractivity contribution is 14.0. The van der Waals surface area contributed by atoms with Crippen molar-refractivity contribution in [2.75, 3.05) is 45.9 Å². The van der Waals surface area contributed by atoms with Crippen LogP contribution in [0.5, 0.6) is 0 Å². The Hall–Kier alpha value is -1.30. The van der Waals surface area contributed by atoms with Crippen molar-refractivity contribution >= 4 is 29.9 Å². The molecule has 1 aromatic rings. The van der Waals surface area contributed by atoms with E-state index in [-0.39, 0.29) is 30.0 Å². The predicted molar refractivity (Wildman–Crippen MR) is 110 cm³/mol. The average Bonchev–Trinajstić information content (AvgIpc) is 2.61. The van der Waals surface area contributed by atoms with Crippen molar-refractivity contribution < 1.29 is 4.74 Å². The summed E-state index contributed by atoms with van der Waals surface area (Å²) in [7, 11) is 0. The second-order valence-electron chi connectivity index (χ2n) is 5.35. The van der Waals surface area contributed by atoms with Gasteiger partial charge in [0.15, 0.2) is 5.96 Å². The number of terminal acetylenes is 1. The molecular formula is C18H27IN4O. The zero-order valence-electron chi connectivity index (χ0n) is 14.2. The molecule has 2 N–H and O–H groups in total. The quantitative estimate of drug-likeness (QED) is 0.306. The number of aliphatic imine (C=N–C) groups is 1. The third-order valence-corrected chi connectivity index (χ3v) is 3.80. The lowest BCUT2D eigenvalue weighted by Crippen LogP contribution is -2.41. The molecule has 1 aromatic carbocycles. The molecule has 24 heavy (non-hydrogen) atoms. The Morgan fingerprint density at radius 2 is 2.00 bits per heavy atom. The van der Waals surface area contributed by atoms with Gasteiger partial charge in [0.05, 0.1) is 32.3 Å². The zero-order valence-corrected chi connectivity index (χ0v) is 16.5. The number of halogens is 1. The van der Waals surface area contributed by atoms with Crippen molar-refractivity contribution in [3.63, 3.8) is 0 Å². The van der Waals surface area contributed by atoms with Gasteiger partial charge in [-0.2, -0.15) is 0 Å². The van der Waals surface area contributed by atoms with Crippen LogP contribution in [0.25, 0.3) is 0 Å². The van der Waals surface area contributed by atoms with Gasteiger partial charge in [-0.05, 0) is 12.5 Å². The Morgan fingerprint density at radius 3 is 2.62 bits per heavy atom. The number of nitrogens with one attached hydrogen (secondary N) is 2. The fraction of sp³-hybridized carbons (Fsp3) is 0.500. The Balaban J connectivity index is 0.00000288. The second kappa shape index (κ2) is 12.1. The van der Waals surface area contributed by atoms with Crippen LogP contribution in [0.3, 0.4) is 0 Å². The predicted octanol–water partition coefficient (Wildman–Crippen LogP) is 1.87. The third kappa shape index (κ3) is 6.67. The molecule has 0 spiro atoms. The molecule has 0 saturated carbocycles. The van der Waals surface area contributed by atoms with Gasteiger partial charge in [0.2, 0.25) is 0 Å². The number of benzene rings is 1. The van der Waals surface area contributed by atoms with E-state index in [1.807, 2.05) is 13.0 Å². The number of nitrogens with zero attached hydrogens (tertiary/aromatic N) is 2. The second-order valence-corrected chi connectivity index (χ2v) is 5.35. The lowest BCUT2D eigenvalue weighted by atomic mass is 10.1. The van der Waals surface area contributed by atoms with E-state index >= 15 is 0 Å². The number of hydrogen-bond acceptors (Lipinski definition) is 3. The lowest BCUT2D eigenvalue weighted by molar-refractivity contribution is 0.0180. The largest absolute Gasteiger partial charge is 0.379 e. The molecule has 1 unspecified atom stereocenters. The first-order chi connectivity index (χ1) is 11.3. The molecule has 0 amide bonds. The highest BCUT2D eigenvalue weighted by Gasteiger charge is 2.22. The number of ether oxygens (including phenoxy) is 1. The van der Waals surface area contributed by atoms with Crippen LogP contribution in [0.2, 0.25) is 0 Å². The van der Waals surface area contributed by atoms with E-state index in [1.165, 1.54) is 5.56 Å². The summed E-state index contributed by atoms with van der Waals surface area (Å²) in [6, 6.07) is 10.8.